The maximum Gasteiger partial charge on any atom is 0.338 e. The van der Waals surface area contributed by atoms with E-state index in [-0.39, 0.29) is 23.6 Å². The van der Waals surface area contributed by atoms with Gasteiger partial charge in [-0.3, -0.25) is 4.72 Å². The molecule has 1 aromatic heterocycles. The van der Waals surface area contributed by atoms with Gasteiger partial charge < -0.3 is 14.0 Å². The summed E-state index contributed by atoms with van der Waals surface area (Å²) in [5.74, 6) is -0.719. The lowest BCUT2D eigenvalue weighted by Crippen LogP contribution is -2.41. The number of pyridine rings is 1. The molecule has 2 aromatic carbocycles. The van der Waals surface area contributed by atoms with Crippen molar-refractivity contribution in [2.45, 2.75) is 63.9 Å². The average Bonchev–Trinajstić information content (AvgIpc) is 2.95. The van der Waals surface area contributed by atoms with Gasteiger partial charge in [0.25, 0.3) is 0 Å². The van der Waals surface area contributed by atoms with Crippen molar-refractivity contribution in [3.8, 4) is 11.9 Å². The van der Waals surface area contributed by atoms with Crippen molar-refractivity contribution in [2.75, 3.05) is 4.72 Å². The van der Waals surface area contributed by atoms with Crippen LogP contribution in [0.2, 0.25) is 0 Å². The molecule has 0 radical (unpaired) electrons. The largest absolute Gasteiger partial charge is 0.512 e. The van der Waals surface area contributed by atoms with Gasteiger partial charge in [-0.05, 0) is 55.0 Å². The number of hydrogen-bond donors (Lipinski definition) is 2. The Bertz CT molecular complexity index is 1420. The minimum atomic E-state index is -1.95. The topological polar surface area (TPSA) is 122 Å². The second-order valence-corrected chi connectivity index (χ2v) is 10.7. The van der Waals surface area contributed by atoms with Crippen molar-refractivity contribution in [3.63, 3.8) is 0 Å². The van der Waals surface area contributed by atoms with Gasteiger partial charge in [0.2, 0.25) is 5.88 Å². The fourth-order valence-corrected chi connectivity index (χ4v) is 5.76. The Balaban J connectivity index is 1.50. The zero-order valence-corrected chi connectivity index (χ0v) is 23.4. The molecule has 0 spiro atoms. The summed E-state index contributed by atoms with van der Waals surface area (Å²) in [5.41, 5.74) is 2.33. The van der Waals surface area contributed by atoms with Crippen molar-refractivity contribution in [1.29, 1.82) is 5.26 Å². The molecule has 0 saturated carbocycles. The molecule has 0 fully saturated rings. The number of nitrogens with zero attached hydrogens (tertiary/aromatic N) is 2. The standard InChI is InChI=1S/C31H33N3O5S/c1-3-16-31(17-15-22-9-6-5-7-10-22)19-27(35)29(30(36)38-31)26(4-2)24-11-8-12-25(18-24)34-40(37)39-28-14-13-23(20-32)21-33-28/h5-14,18,21,26,34-35H,3-4,15-17,19H2,1-2H3/t26-,31-,40?/m0/s1. The number of ether oxygens (including phenoxy) is 1. The molecule has 3 atom stereocenters. The molecule has 40 heavy (non-hydrogen) atoms. The number of carbonyl (C=O) groups is 1. The third kappa shape index (κ3) is 7.07. The first kappa shape index (κ1) is 28.8. The van der Waals surface area contributed by atoms with Gasteiger partial charge in [-0.2, -0.15) is 9.47 Å². The first-order valence-corrected chi connectivity index (χ1v) is 14.5. The van der Waals surface area contributed by atoms with E-state index in [9.17, 15) is 14.1 Å². The minimum Gasteiger partial charge on any atom is -0.512 e. The number of benzene rings is 2. The molecule has 8 nitrogen and oxygen atoms in total. The summed E-state index contributed by atoms with van der Waals surface area (Å²) in [6, 6.07) is 22.2. The highest BCUT2D eigenvalue weighted by molar-refractivity contribution is 7.81. The average molecular weight is 560 g/mol. The zero-order valence-electron chi connectivity index (χ0n) is 22.6. The Morgan fingerprint density at radius 2 is 1.95 bits per heavy atom. The number of carbonyl (C=O) groups excluding carboxylic acids is 1. The number of rotatable bonds is 12. The van der Waals surface area contributed by atoms with Gasteiger partial charge in [0.1, 0.15) is 17.4 Å². The fraction of sp³-hybridized carbons (Fsp3) is 0.323. The number of esters is 1. The number of nitriles is 1. The van der Waals surface area contributed by atoms with Gasteiger partial charge in [0.05, 0.1) is 11.1 Å². The summed E-state index contributed by atoms with van der Waals surface area (Å²) in [4.78, 5) is 17.4. The van der Waals surface area contributed by atoms with E-state index in [1.165, 1.54) is 18.3 Å². The summed E-state index contributed by atoms with van der Waals surface area (Å²) < 4.78 is 26.8. The molecule has 4 rings (SSSR count). The maximum absolute atomic E-state index is 13.4. The van der Waals surface area contributed by atoms with Crippen LogP contribution in [0.1, 0.15) is 68.6 Å². The lowest BCUT2D eigenvalue weighted by atomic mass is 9.80. The van der Waals surface area contributed by atoms with Crippen molar-refractivity contribution in [2.24, 2.45) is 0 Å². The Kier molecular flexibility index (Phi) is 9.56. The molecule has 0 aliphatic carbocycles. The van der Waals surface area contributed by atoms with Crippen LogP contribution in [0.5, 0.6) is 5.88 Å². The highest BCUT2D eigenvalue weighted by Gasteiger charge is 2.43. The second kappa shape index (κ2) is 13.3. The van der Waals surface area contributed by atoms with E-state index in [4.69, 9.17) is 14.2 Å². The molecule has 1 aliphatic heterocycles. The van der Waals surface area contributed by atoms with E-state index in [2.05, 4.69) is 21.8 Å². The number of cyclic esters (lactones) is 1. The molecule has 1 unspecified atom stereocenters. The maximum atomic E-state index is 13.4. The van der Waals surface area contributed by atoms with Gasteiger partial charge >= 0.3 is 17.2 Å². The van der Waals surface area contributed by atoms with Gasteiger partial charge in [-0.25, -0.2) is 9.78 Å². The second-order valence-electron chi connectivity index (χ2n) is 9.85. The molecule has 0 bridgehead atoms. The molecule has 0 amide bonds. The summed E-state index contributed by atoms with van der Waals surface area (Å²) in [7, 11) is 0. The van der Waals surface area contributed by atoms with E-state index >= 15 is 0 Å². The van der Waals surface area contributed by atoms with Crippen LogP contribution in [0, 0.1) is 11.3 Å². The van der Waals surface area contributed by atoms with Crippen LogP contribution in [-0.4, -0.2) is 25.9 Å². The number of aryl methyl sites for hydroxylation is 1. The van der Waals surface area contributed by atoms with Crippen LogP contribution in [0.25, 0.3) is 0 Å². The van der Waals surface area contributed by atoms with E-state index in [1.807, 2.05) is 44.2 Å². The fourth-order valence-electron chi connectivity index (χ4n) is 5.14. The Labute approximate surface area is 237 Å². The third-order valence-corrected chi connectivity index (χ3v) is 7.75. The van der Waals surface area contributed by atoms with Crippen LogP contribution < -0.4 is 8.91 Å². The van der Waals surface area contributed by atoms with E-state index in [0.717, 1.165) is 24.0 Å². The summed E-state index contributed by atoms with van der Waals surface area (Å²) >= 11 is -1.95. The van der Waals surface area contributed by atoms with E-state index in [0.29, 0.717) is 30.5 Å². The predicted octanol–water partition coefficient (Wildman–Crippen LogP) is 6.45. The first-order chi connectivity index (χ1) is 19.4. The lowest BCUT2D eigenvalue weighted by Gasteiger charge is -2.38. The van der Waals surface area contributed by atoms with Gasteiger partial charge in [0, 0.05) is 30.3 Å². The summed E-state index contributed by atoms with van der Waals surface area (Å²) in [6.45, 7) is 3.99. The number of hydrogen-bond acceptors (Lipinski definition) is 7. The van der Waals surface area contributed by atoms with Crippen LogP contribution in [-0.2, 0) is 27.2 Å². The van der Waals surface area contributed by atoms with Crippen molar-refractivity contribution in [3.05, 3.63) is 101 Å². The number of aliphatic hydroxyl groups excluding tert-OH is 1. The molecule has 9 heteroatoms. The highest BCUT2D eigenvalue weighted by atomic mass is 32.2. The van der Waals surface area contributed by atoms with Gasteiger partial charge in [0.15, 0.2) is 0 Å². The third-order valence-electron chi connectivity index (χ3n) is 7.02. The number of aliphatic hydroxyl groups is 1. The molecule has 3 aromatic rings. The quantitative estimate of drug-likeness (QED) is 0.245. The molecule has 2 heterocycles. The van der Waals surface area contributed by atoms with Crippen LogP contribution in [0.15, 0.2) is 84.3 Å². The number of aromatic nitrogens is 1. The molecular weight excluding hydrogens is 526 g/mol. The predicted molar refractivity (Wildman–Crippen MR) is 154 cm³/mol. The summed E-state index contributed by atoms with van der Waals surface area (Å²) in [5, 5.41) is 20.1. The zero-order chi connectivity index (χ0) is 28.5. The van der Waals surface area contributed by atoms with Crippen molar-refractivity contribution in [1.82, 2.24) is 4.98 Å². The molecular formula is C31H33N3O5S. The number of anilines is 1. The smallest absolute Gasteiger partial charge is 0.338 e. The van der Waals surface area contributed by atoms with Gasteiger partial charge in [-0.1, -0.05) is 62.7 Å². The van der Waals surface area contributed by atoms with Crippen LogP contribution in [0.4, 0.5) is 5.69 Å². The monoisotopic (exact) mass is 559 g/mol. The molecule has 1 aliphatic rings. The van der Waals surface area contributed by atoms with Gasteiger partial charge in [-0.15, -0.1) is 0 Å². The normalized spacial score (nSPS) is 18.4. The lowest BCUT2D eigenvalue weighted by molar-refractivity contribution is -0.161. The Hall–Kier alpha value is -4.16. The SMILES string of the molecule is CCC[C@]1(CCc2ccccc2)CC(O)=C([C@@H](CC)c2cccc(NS(=O)Oc3ccc(C#N)cn3)c2)C(=O)O1. The molecule has 2 N–H and O–H groups in total. The number of nitrogens with one attached hydrogen (secondary N) is 1. The van der Waals surface area contributed by atoms with Crippen LogP contribution >= 0.6 is 0 Å². The Morgan fingerprint density at radius 1 is 1.15 bits per heavy atom. The van der Waals surface area contributed by atoms with Crippen molar-refractivity contribution < 1.29 is 23.0 Å². The molecule has 208 valence electrons. The summed E-state index contributed by atoms with van der Waals surface area (Å²) in [6.07, 6.45) is 5.03. The first-order valence-electron chi connectivity index (χ1n) is 13.4. The van der Waals surface area contributed by atoms with E-state index in [1.54, 1.807) is 18.2 Å². The minimum absolute atomic E-state index is 0.0711. The van der Waals surface area contributed by atoms with E-state index < -0.39 is 28.8 Å². The molecule has 0 saturated heterocycles. The highest BCUT2D eigenvalue weighted by Crippen LogP contribution is 2.42. The Morgan fingerprint density at radius 3 is 2.60 bits per heavy atom. The van der Waals surface area contributed by atoms with Crippen LogP contribution in [0.3, 0.4) is 0 Å². The van der Waals surface area contributed by atoms with Crippen molar-refractivity contribution >= 4 is 22.9 Å².